The maximum absolute atomic E-state index is 11.8. The molecule has 0 radical (unpaired) electrons. The molecule has 0 aliphatic rings. The van der Waals surface area contributed by atoms with Crippen molar-refractivity contribution >= 4 is 58.2 Å². The Morgan fingerprint density at radius 1 is 1.08 bits per heavy atom. The number of anilines is 1. The minimum absolute atomic E-state index is 0.00797. The van der Waals surface area contributed by atoms with Gasteiger partial charge in [-0.25, -0.2) is 4.79 Å². The Kier molecular flexibility index (Phi) is 6.98. The van der Waals surface area contributed by atoms with E-state index in [0.717, 1.165) is 5.06 Å². The summed E-state index contributed by atoms with van der Waals surface area (Å²) in [6.45, 7) is 0.00797. The molecule has 0 unspecified atom stereocenters. The van der Waals surface area contributed by atoms with Crippen LogP contribution in [0.15, 0.2) is 24.3 Å². The Morgan fingerprint density at radius 2 is 1.76 bits per heavy atom. The van der Waals surface area contributed by atoms with Crippen LogP contribution in [0.4, 0.5) is 10.5 Å². The van der Waals surface area contributed by atoms with Gasteiger partial charge in [-0.05, 0) is 6.07 Å². The number of carbonyl (C=O) groups excluding carboxylic acids is 1. The molecule has 2 rings (SSSR count). The molecule has 25 heavy (non-hydrogen) atoms. The Hall–Kier alpha value is -1.44. The fraction of sp³-hybridized carbons (Fsp3) is 0.200. The summed E-state index contributed by atoms with van der Waals surface area (Å²) in [5, 5.41) is 1.06. The SMILES string of the molecule is COC(=O)N(OC)c1ccccc1COc1nc(Cl)c(Cl)c(Cl)c1Cl. The molecule has 0 saturated carbocycles. The highest BCUT2D eigenvalue weighted by Crippen LogP contribution is 2.39. The van der Waals surface area contributed by atoms with Gasteiger partial charge in [0.1, 0.15) is 11.6 Å². The minimum Gasteiger partial charge on any atom is -0.472 e. The molecule has 10 heteroatoms. The minimum atomic E-state index is -0.691. The monoisotopic (exact) mass is 424 g/mol. The van der Waals surface area contributed by atoms with Crippen LogP contribution in [-0.4, -0.2) is 25.3 Å². The number of hydrogen-bond donors (Lipinski definition) is 0. The molecular formula is C15H12Cl4N2O4. The second-order valence-corrected chi connectivity index (χ2v) is 6.01. The lowest BCUT2D eigenvalue weighted by Gasteiger charge is -2.21. The van der Waals surface area contributed by atoms with Gasteiger partial charge in [-0.3, -0.25) is 4.84 Å². The van der Waals surface area contributed by atoms with Crippen LogP contribution in [0.2, 0.25) is 20.2 Å². The van der Waals surface area contributed by atoms with E-state index in [-0.39, 0.29) is 32.7 Å². The van der Waals surface area contributed by atoms with Gasteiger partial charge in [0.15, 0.2) is 5.15 Å². The third-order valence-corrected chi connectivity index (χ3v) is 4.71. The number of amides is 1. The zero-order valence-corrected chi connectivity index (χ0v) is 16.1. The molecule has 0 N–H and O–H groups in total. The van der Waals surface area contributed by atoms with Crippen molar-refractivity contribution in [3.05, 3.63) is 50.0 Å². The first-order valence-corrected chi connectivity index (χ1v) is 8.24. The van der Waals surface area contributed by atoms with Crippen molar-refractivity contribution < 1.29 is 19.1 Å². The smallest absolute Gasteiger partial charge is 0.438 e. The first-order chi connectivity index (χ1) is 11.9. The van der Waals surface area contributed by atoms with E-state index in [1.54, 1.807) is 24.3 Å². The maximum Gasteiger partial charge on any atom is 0.438 e. The molecule has 2 aromatic rings. The van der Waals surface area contributed by atoms with E-state index in [9.17, 15) is 4.79 Å². The number of rotatable bonds is 5. The summed E-state index contributed by atoms with van der Waals surface area (Å²) in [7, 11) is 2.58. The molecule has 1 aromatic heterocycles. The summed E-state index contributed by atoms with van der Waals surface area (Å²) < 4.78 is 10.3. The lowest BCUT2D eigenvalue weighted by atomic mass is 10.2. The predicted molar refractivity (Wildman–Crippen MR) is 96.9 cm³/mol. The summed E-state index contributed by atoms with van der Waals surface area (Å²) in [5.41, 5.74) is 1.04. The first kappa shape index (κ1) is 19.9. The number of hydroxylamine groups is 1. The lowest BCUT2D eigenvalue weighted by molar-refractivity contribution is 0.115. The lowest BCUT2D eigenvalue weighted by Crippen LogP contribution is -2.30. The number of ether oxygens (including phenoxy) is 2. The van der Waals surface area contributed by atoms with Gasteiger partial charge in [-0.15, -0.1) is 0 Å². The normalized spacial score (nSPS) is 10.5. The van der Waals surface area contributed by atoms with Gasteiger partial charge >= 0.3 is 6.09 Å². The molecule has 1 aromatic carbocycles. The maximum atomic E-state index is 11.8. The van der Waals surface area contributed by atoms with E-state index < -0.39 is 6.09 Å². The highest BCUT2D eigenvalue weighted by molar-refractivity contribution is 6.51. The third kappa shape index (κ3) is 4.40. The Balaban J connectivity index is 2.30. The molecule has 0 aliphatic heterocycles. The molecule has 1 heterocycles. The van der Waals surface area contributed by atoms with Gasteiger partial charge in [0.05, 0.1) is 30.0 Å². The number of halogens is 4. The van der Waals surface area contributed by atoms with Crippen LogP contribution in [0.3, 0.4) is 0 Å². The van der Waals surface area contributed by atoms with Gasteiger partial charge in [-0.2, -0.15) is 10.0 Å². The molecule has 0 atom stereocenters. The topological polar surface area (TPSA) is 60.9 Å². The largest absolute Gasteiger partial charge is 0.472 e. The number of pyridine rings is 1. The van der Waals surface area contributed by atoms with Gasteiger partial charge in [-0.1, -0.05) is 64.6 Å². The van der Waals surface area contributed by atoms with E-state index in [4.69, 9.17) is 56.0 Å². The van der Waals surface area contributed by atoms with E-state index >= 15 is 0 Å². The summed E-state index contributed by atoms with van der Waals surface area (Å²) in [4.78, 5) is 20.8. The fourth-order valence-corrected chi connectivity index (χ4v) is 2.66. The van der Waals surface area contributed by atoms with E-state index in [2.05, 4.69) is 9.72 Å². The van der Waals surface area contributed by atoms with Gasteiger partial charge in [0, 0.05) is 5.56 Å². The predicted octanol–water partition coefficient (Wildman–Crippen LogP) is 5.41. The molecule has 6 nitrogen and oxygen atoms in total. The van der Waals surface area contributed by atoms with Crippen molar-refractivity contribution in [2.24, 2.45) is 0 Å². The molecular weight excluding hydrogens is 414 g/mol. The van der Waals surface area contributed by atoms with Crippen molar-refractivity contribution in [2.75, 3.05) is 19.3 Å². The van der Waals surface area contributed by atoms with Crippen LogP contribution in [0.5, 0.6) is 5.88 Å². The van der Waals surface area contributed by atoms with Gasteiger partial charge in [0.25, 0.3) is 0 Å². The average Bonchev–Trinajstić information content (AvgIpc) is 2.63. The van der Waals surface area contributed by atoms with Crippen LogP contribution in [0.1, 0.15) is 5.56 Å². The van der Waals surface area contributed by atoms with Crippen molar-refractivity contribution in [3.8, 4) is 5.88 Å². The van der Waals surface area contributed by atoms with Crippen LogP contribution in [0.25, 0.3) is 0 Å². The molecule has 0 bridgehead atoms. The Bertz CT molecular complexity index is 788. The zero-order valence-electron chi connectivity index (χ0n) is 13.1. The highest BCUT2D eigenvalue weighted by atomic mass is 35.5. The van der Waals surface area contributed by atoms with Gasteiger partial charge < -0.3 is 9.47 Å². The van der Waals surface area contributed by atoms with Crippen LogP contribution < -0.4 is 9.80 Å². The molecule has 1 amide bonds. The quantitative estimate of drug-likeness (QED) is 0.473. The summed E-state index contributed by atoms with van der Waals surface area (Å²) in [6.07, 6.45) is -0.691. The molecule has 0 saturated heterocycles. The number of benzene rings is 1. The van der Waals surface area contributed by atoms with Crippen molar-refractivity contribution in [3.63, 3.8) is 0 Å². The number of aromatic nitrogens is 1. The number of methoxy groups -OCH3 is 1. The standard InChI is InChI=1S/C15H12Cl4N2O4/c1-23-15(22)21(24-2)9-6-4-3-5-8(9)7-25-14-12(18)10(16)11(17)13(19)20-14/h3-6H,7H2,1-2H3. The zero-order chi connectivity index (χ0) is 18.6. The number of carbonyl (C=O) groups is 1. The number of nitrogens with zero attached hydrogens (tertiary/aromatic N) is 2. The number of hydrogen-bond acceptors (Lipinski definition) is 5. The summed E-state index contributed by atoms with van der Waals surface area (Å²) >= 11 is 23.8. The number of para-hydroxylation sites is 1. The van der Waals surface area contributed by atoms with Crippen LogP contribution >= 0.6 is 46.4 Å². The van der Waals surface area contributed by atoms with E-state index in [1.807, 2.05) is 0 Å². The highest BCUT2D eigenvalue weighted by Gasteiger charge is 2.21. The van der Waals surface area contributed by atoms with Crippen LogP contribution in [-0.2, 0) is 16.2 Å². The molecule has 0 spiro atoms. The average molecular weight is 426 g/mol. The fourth-order valence-electron chi connectivity index (χ4n) is 1.90. The van der Waals surface area contributed by atoms with Crippen LogP contribution in [0, 0.1) is 0 Å². The first-order valence-electron chi connectivity index (χ1n) is 6.73. The molecule has 134 valence electrons. The Morgan fingerprint density at radius 3 is 2.40 bits per heavy atom. The summed E-state index contributed by atoms with van der Waals surface area (Å²) in [5.74, 6) is 0.0119. The van der Waals surface area contributed by atoms with Gasteiger partial charge in [0.2, 0.25) is 5.88 Å². The molecule has 0 fully saturated rings. The van der Waals surface area contributed by atoms with Crippen molar-refractivity contribution in [2.45, 2.75) is 6.61 Å². The van der Waals surface area contributed by atoms with E-state index in [1.165, 1.54) is 14.2 Å². The Labute approximate surface area is 164 Å². The third-order valence-electron chi connectivity index (χ3n) is 3.05. The van der Waals surface area contributed by atoms with Crippen molar-refractivity contribution in [1.82, 2.24) is 4.98 Å². The van der Waals surface area contributed by atoms with E-state index in [0.29, 0.717) is 11.3 Å². The second-order valence-electron chi connectivity index (χ2n) is 4.51. The molecule has 0 aliphatic carbocycles. The second kappa shape index (κ2) is 8.78. The summed E-state index contributed by atoms with van der Waals surface area (Å²) in [6, 6.07) is 6.90. The van der Waals surface area contributed by atoms with Crippen molar-refractivity contribution in [1.29, 1.82) is 0 Å².